The molecule has 0 saturated heterocycles. The van der Waals surface area contributed by atoms with Crippen LogP contribution in [0.4, 0.5) is 0 Å². The molecule has 116 valence electrons. The lowest BCUT2D eigenvalue weighted by molar-refractivity contribution is -0.127. The summed E-state index contributed by atoms with van der Waals surface area (Å²) in [6, 6.07) is 6.08. The van der Waals surface area contributed by atoms with Crippen molar-refractivity contribution >= 4 is 5.91 Å². The van der Waals surface area contributed by atoms with Gasteiger partial charge in [-0.25, -0.2) is 0 Å². The topological polar surface area (TPSA) is 59.6 Å². The first-order valence-electron chi connectivity index (χ1n) is 7.49. The van der Waals surface area contributed by atoms with Crippen molar-refractivity contribution in [1.82, 2.24) is 10.6 Å². The van der Waals surface area contributed by atoms with Crippen LogP contribution in [0.25, 0.3) is 0 Å². The number of carbonyl (C=O) groups is 1. The zero-order valence-corrected chi connectivity index (χ0v) is 12.9. The molecule has 0 heterocycles. The molecule has 1 fully saturated rings. The lowest BCUT2D eigenvalue weighted by Gasteiger charge is -2.19. The molecule has 1 aromatic rings. The number of nitrogens with one attached hydrogen (secondary N) is 2. The minimum atomic E-state index is -0.540. The van der Waals surface area contributed by atoms with Crippen LogP contribution >= 0.6 is 0 Å². The Balaban J connectivity index is 2.09. The maximum Gasteiger partial charge on any atom is 0.260 e. The molecular weight excluding hydrogens is 268 g/mol. The molecule has 1 aromatic carbocycles. The molecule has 2 N–H and O–H groups in total. The monoisotopic (exact) mass is 292 g/mol. The van der Waals surface area contributed by atoms with Gasteiger partial charge < -0.3 is 20.1 Å². The lowest BCUT2D eigenvalue weighted by Crippen LogP contribution is -2.37. The summed E-state index contributed by atoms with van der Waals surface area (Å²) in [6.07, 6.45) is 1.60. The highest BCUT2D eigenvalue weighted by molar-refractivity contribution is 5.81. The molecule has 1 amide bonds. The minimum Gasteiger partial charge on any atom is -0.493 e. The molecule has 0 aromatic heterocycles. The predicted molar refractivity (Wildman–Crippen MR) is 81.6 cm³/mol. The van der Waals surface area contributed by atoms with Gasteiger partial charge in [-0.2, -0.15) is 0 Å². The quantitative estimate of drug-likeness (QED) is 0.768. The van der Waals surface area contributed by atoms with E-state index in [2.05, 4.69) is 10.6 Å². The highest BCUT2D eigenvalue weighted by atomic mass is 16.5. The van der Waals surface area contributed by atoms with E-state index in [4.69, 9.17) is 9.47 Å². The Labute approximate surface area is 126 Å². The largest absolute Gasteiger partial charge is 0.493 e. The zero-order chi connectivity index (χ0) is 15.2. The molecule has 1 aliphatic carbocycles. The fraction of sp³-hybridized carbons (Fsp3) is 0.562. The molecule has 5 nitrogen and oxygen atoms in total. The number of rotatable bonds is 8. The molecule has 5 heteroatoms. The SMILES string of the molecule is CCNCc1cccc(OC)c1OC(C)C(=O)NC1CC1. The van der Waals surface area contributed by atoms with Crippen molar-refractivity contribution in [2.24, 2.45) is 0 Å². The Bertz CT molecular complexity index is 486. The molecule has 1 atom stereocenters. The highest BCUT2D eigenvalue weighted by Crippen LogP contribution is 2.32. The molecule has 1 saturated carbocycles. The first kappa shape index (κ1) is 15.6. The van der Waals surface area contributed by atoms with Gasteiger partial charge in [-0.1, -0.05) is 19.1 Å². The lowest BCUT2D eigenvalue weighted by atomic mass is 10.1. The van der Waals surface area contributed by atoms with Gasteiger partial charge in [0.1, 0.15) is 0 Å². The number of carbonyl (C=O) groups excluding carboxylic acids is 1. The van der Waals surface area contributed by atoms with Crippen molar-refractivity contribution in [2.75, 3.05) is 13.7 Å². The van der Waals surface area contributed by atoms with Crippen LogP contribution in [0.2, 0.25) is 0 Å². The van der Waals surface area contributed by atoms with E-state index in [1.807, 2.05) is 25.1 Å². The van der Waals surface area contributed by atoms with E-state index in [9.17, 15) is 4.79 Å². The van der Waals surface area contributed by atoms with Gasteiger partial charge in [0.05, 0.1) is 7.11 Å². The van der Waals surface area contributed by atoms with E-state index in [0.717, 1.165) is 24.9 Å². The summed E-state index contributed by atoms with van der Waals surface area (Å²) in [6.45, 7) is 5.36. The van der Waals surface area contributed by atoms with Gasteiger partial charge in [0.25, 0.3) is 5.91 Å². The second kappa shape index (κ2) is 7.31. The first-order chi connectivity index (χ1) is 10.2. The van der Waals surface area contributed by atoms with Crippen LogP contribution in [-0.2, 0) is 11.3 Å². The summed E-state index contributed by atoms with van der Waals surface area (Å²) in [5.41, 5.74) is 0.988. The third-order valence-corrected chi connectivity index (χ3v) is 3.43. The Morgan fingerprint density at radius 2 is 2.19 bits per heavy atom. The summed E-state index contributed by atoms with van der Waals surface area (Å²) >= 11 is 0. The van der Waals surface area contributed by atoms with Crippen molar-refractivity contribution in [3.05, 3.63) is 23.8 Å². The summed E-state index contributed by atoms with van der Waals surface area (Å²) in [5, 5.41) is 6.22. The van der Waals surface area contributed by atoms with Crippen LogP contribution in [0, 0.1) is 0 Å². The molecule has 1 unspecified atom stereocenters. The fourth-order valence-corrected chi connectivity index (χ4v) is 2.03. The number of benzene rings is 1. The van der Waals surface area contributed by atoms with Crippen molar-refractivity contribution in [1.29, 1.82) is 0 Å². The van der Waals surface area contributed by atoms with Crippen molar-refractivity contribution in [3.63, 3.8) is 0 Å². The Morgan fingerprint density at radius 1 is 1.43 bits per heavy atom. The average Bonchev–Trinajstić information content (AvgIpc) is 3.29. The maximum atomic E-state index is 12.0. The third-order valence-electron chi connectivity index (χ3n) is 3.43. The first-order valence-corrected chi connectivity index (χ1v) is 7.49. The number of methoxy groups -OCH3 is 1. The number of ether oxygens (including phenoxy) is 2. The van der Waals surface area contributed by atoms with Gasteiger partial charge in [0.15, 0.2) is 17.6 Å². The fourth-order valence-electron chi connectivity index (χ4n) is 2.03. The minimum absolute atomic E-state index is 0.0715. The van der Waals surface area contributed by atoms with Gasteiger partial charge in [-0.05, 0) is 32.4 Å². The van der Waals surface area contributed by atoms with Crippen LogP contribution in [0.1, 0.15) is 32.3 Å². The van der Waals surface area contributed by atoms with Gasteiger partial charge in [0, 0.05) is 18.2 Å². The summed E-state index contributed by atoms with van der Waals surface area (Å²) in [4.78, 5) is 12.0. The maximum absolute atomic E-state index is 12.0. The smallest absolute Gasteiger partial charge is 0.260 e. The molecule has 21 heavy (non-hydrogen) atoms. The van der Waals surface area contributed by atoms with E-state index in [1.165, 1.54) is 0 Å². The molecule has 0 aliphatic heterocycles. The van der Waals surface area contributed by atoms with E-state index >= 15 is 0 Å². The van der Waals surface area contributed by atoms with E-state index < -0.39 is 6.10 Å². The summed E-state index contributed by atoms with van der Waals surface area (Å²) in [5.74, 6) is 1.22. The van der Waals surface area contributed by atoms with Crippen LogP contribution < -0.4 is 20.1 Å². The van der Waals surface area contributed by atoms with E-state index in [1.54, 1.807) is 14.0 Å². The molecular formula is C16H24N2O3. The number of hydrogen-bond donors (Lipinski definition) is 2. The molecule has 1 aliphatic rings. The number of para-hydroxylation sites is 1. The molecule has 0 radical (unpaired) electrons. The zero-order valence-electron chi connectivity index (χ0n) is 12.9. The number of amides is 1. The normalized spacial score (nSPS) is 15.4. The van der Waals surface area contributed by atoms with Gasteiger partial charge in [-0.15, -0.1) is 0 Å². The Kier molecular flexibility index (Phi) is 5.44. The summed E-state index contributed by atoms with van der Waals surface area (Å²) in [7, 11) is 1.61. The summed E-state index contributed by atoms with van der Waals surface area (Å²) < 4.78 is 11.2. The molecule has 0 bridgehead atoms. The molecule has 2 rings (SSSR count). The van der Waals surface area contributed by atoms with Crippen LogP contribution in [0.15, 0.2) is 18.2 Å². The molecule has 0 spiro atoms. The van der Waals surface area contributed by atoms with E-state index in [-0.39, 0.29) is 5.91 Å². The predicted octanol–water partition coefficient (Wildman–Crippen LogP) is 1.85. The average molecular weight is 292 g/mol. The van der Waals surface area contributed by atoms with Gasteiger partial charge >= 0.3 is 0 Å². The van der Waals surface area contributed by atoms with Crippen LogP contribution in [-0.4, -0.2) is 31.7 Å². The van der Waals surface area contributed by atoms with Crippen LogP contribution in [0.5, 0.6) is 11.5 Å². The number of hydrogen-bond acceptors (Lipinski definition) is 4. The second-order valence-corrected chi connectivity index (χ2v) is 5.27. The third kappa shape index (κ3) is 4.36. The van der Waals surface area contributed by atoms with Gasteiger partial charge in [0.2, 0.25) is 0 Å². The van der Waals surface area contributed by atoms with Gasteiger partial charge in [-0.3, -0.25) is 4.79 Å². The second-order valence-electron chi connectivity index (χ2n) is 5.27. The van der Waals surface area contributed by atoms with E-state index in [0.29, 0.717) is 24.1 Å². The highest BCUT2D eigenvalue weighted by Gasteiger charge is 2.27. The van der Waals surface area contributed by atoms with Crippen LogP contribution in [0.3, 0.4) is 0 Å². The van der Waals surface area contributed by atoms with Crippen molar-refractivity contribution < 1.29 is 14.3 Å². The van der Waals surface area contributed by atoms with Crippen molar-refractivity contribution in [3.8, 4) is 11.5 Å². The standard InChI is InChI=1S/C16H24N2O3/c1-4-17-10-12-6-5-7-14(20-3)15(12)21-11(2)16(19)18-13-8-9-13/h5-7,11,13,17H,4,8-10H2,1-3H3,(H,18,19). The van der Waals surface area contributed by atoms with Crippen molar-refractivity contribution in [2.45, 2.75) is 45.4 Å². The Morgan fingerprint density at radius 3 is 2.81 bits per heavy atom. The Hall–Kier alpha value is -1.75.